The van der Waals surface area contributed by atoms with Crippen molar-refractivity contribution in [1.29, 1.82) is 0 Å². The predicted octanol–water partition coefficient (Wildman–Crippen LogP) is 5.72. The smallest absolute Gasteiger partial charge is 0.238 e. The maximum absolute atomic E-state index is 14.0. The third-order valence-corrected chi connectivity index (χ3v) is 12.6. The highest BCUT2D eigenvalue weighted by molar-refractivity contribution is 9.10. The summed E-state index contributed by atoms with van der Waals surface area (Å²) in [5.41, 5.74) is 0.994. The minimum Gasteiger partial charge on any atom is -0.412 e. The van der Waals surface area contributed by atoms with Crippen LogP contribution in [0.4, 0.5) is 0 Å². The molecule has 2 fully saturated rings. The van der Waals surface area contributed by atoms with Gasteiger partial charge in [-0.25, -0.2) is 0 Å². The highest BCUT2D eigenvalue weighted by Crippen LogP contribution is 2.48. The minimum absolute atomic E-state index is 0.0120. The molecule has 2 heterocycles. The average Bonchev–Trinajstić information content (AvgIpc) is 3.16. The quantitative estimate of drug-likeness (QED) is 0.379. The SMILES string of the molecule is CC(C)(C)[Si](C)(C)O[C@H]1CN2C(=O)C(c3ccccc3)C(=O)[C@@]2(Cc2ccc(Br)cc2)C1. The molecule has 0 aliphatic carbocycles. The molecule has 170 valence electrons. The maximum atomic E-state index is 14.0. The van der Waals surface area contributed by atoms with Crippen molar-refractivity contribution in [3.63, 3.8) is 0 Å². The number of amides is 1. The van der Waals surface area contributed by atoms with Gasteiger partial charge in [0.2, 0.25) is 5.91 Å². The lowest BCUT2D eigenvalue weighted by Crippen LogP contribution is -2.46. The Balaban J connectivity index is 1.70. The molecule has 0 N–H and O–H groups in total. The van der Waals surface area contributed by atoms with Gasteiger partial charge in [0.1, 0.15) is 11.5 Å². The summed E-state index contributed by atoms with van der Waals surface area (Å²) in [5.74, 6) is -0.793. The summed E-state index contributed by atoms with van der Waals surface area (Å²) < 4.78 is 7.70. The molecule has 4 rings (SSSR count). The second-order valence-corrected chi connectivity index (χ2v) is 16.4. The van der Waals surface area contributed by atoms with E-state index in [1.807, 2.05) is 59.5 Å². The number of rotatable bonds is 5. The molecule has 3 atom stereocenters. The number of carbonyl (C=O) groups is 2. The molecular formula is C26H32BrNO3Si. The van der Waals surface area contributed by atoms with Crippen molar-refractivity contribution in [1.82, 2.24) is 4.90 Å². The Morgan fingerprint density at radius 1 is 1.06 bits per heavy atom. The van der Waals surface area contributed by atoms with E-state index in [1.54, 1.807) is 0 Å². The minimum atomic E-state index is -2.03. The molecule has 1 amide bonds. The van der Waals surface area contributed by atoms with Gasteiger partial charge in [0.25, 0.3) is 0 Å². The summed E-state index contributed by atoms with van der Waals surface area (Å²) in [6, 6.07) is 17.5. The highest BCUT2D eigenvalue weighted by Gasteiger charge is 2.63. The molecule has 2 aromatic rings. The number of hydrogen-bond donors (Lipinski definition) is 0. The van der Waals surface area contributed by atoms with E-state index in [2.05, 4.69) is 49.8 Å². The third-order valence-electron chi connectivity index (χ3n) is 7.51. The normalized spacial score (nSPS) is 26.0. The van der Waals surface area contributed by atoms with Crippen LogP contribution in [0, 0.1) is 0 Å². The molecule has 0 bridgehead atoms. The predicted molar refractivity (Wildman–Crippen MR) is 133 cm³/mol. The Morgan fingerprint density at radius 2 is 1.69 bits per heavy atom. The standard InChI is InChI=1S/C26H32BrNO3Si/c1-25(2,3)32(4,5)31-21-16-26(15-18-11-13-20(27)14-12-18)23(29)22(24(30)28(26)17-21)19-9-7-6-8-10-19/h6-14,21-22H,15-17H2,1-5H3/t21-,22?,26-/m1/s1. The van der Waals surface area contributed by atoms with Crippen LogP contribution in [0.15, 0.2) is 59.1 Å². The molecule has 0 radical (unpaired) electrons. The Labute approximate surface area is 200 Å². The van der Waals surface area contributed by atoms with Gasteiger partial charge >= 0.3 is 0 Å². The van der Waals surface area contributed by atoms with Crippen LogP contribution >= 0.6 is 15.9 Å². The van der Waals surface area contributed by atoms with Gasteiger partial charge in [-0.3, -0.25) is 9.59 Å². The molecule has 2 saturated heterocycles. The van der Waals surface area contributed by atoms with Gasteiger partial charge in [0, 0.05) is 23.9 Å². The van der Waals surface area contributed by atoms with Gasteiger partial charge in [-0.2, -0.15) is 0 Å². The van der Waals surface area contributed by atoms with Crippen LogP contribution in [-0.2, 0) is 20.4 Å². The first-order valence-corrected chi connectivity index (χ1v) is 15.0. The number of benzene rings is 2. The van der Waals surface area contributed by atoms with Crippen LogP contribution in [0.3, 0.4) is 0 Å². The summed E-state index contributed by atoms with van der Waals surface area (Å²) in [6.07, 6.45) is 0.964. The van der Waals surface area contributed by atoms with E-state index >= 15 is 0 Å². The number of fused-ring (bicyclic) bond motifs is 1. The van der Waals surface area contributed by atoms with Crippen LogP contribution in [0.1, 0.15) is 44.2 Å². The zero-order valence-corrected chi connectivity index (χ0v) is 22.1. The molecule has 2 aliphatic heterocycles. The lowest BCUT2D eigenvalue weighted by molar-refractivity contribution is -0.131. The second-order valence-electron chi connectivity index (χ2n) is 10.7. The third kappa shape index (κ3) is 4.01. The monoisotopic (exact) mass is 513 g/mol. The summed E-state index contributed by atoms with van der Waals surface area (Å²) in [6.45, 7) is 11.6. The fourth-order valence-corrected chi connectivity index (χ4v) is 6.42. The molecule has 2 aliphatic rings. The van der Waals surface area contributed by atoms with Crippen LogP contribution in [0.25, 0.3) is 0 Å². The van der Waals surface area contributed by atoms with Gasteiger partial charge in [0.05, 0.1) is 6.10 Å². The molecule has 2 aromatic carbocycles. The molecule has 4 nitrogen and oxygen atoms in total. The van der Waals surface area contributed by atoms with Gasteiger partial charge in [0.15, 0.2) is 14.1 Å². The Hall–Kier alpha value is -1.76. The fourth-order valence-electron chi connectivity index (χ4n) is 4.81. The number of nitrogens with zero attached hydrogens (tertiary/aromatic N) is 1. The fraction of sp³-hybridized carbons (Fsp3) is 0.462. The first-order valence-electron chi connectivity index (χ1n) is 11.3. The first-order chi connectivity index (χ1) is 14.9. The summed E-state index contributed by atoms with van der Waals surface area (Å²) in [4.78, 5) is 29.4. The zero-order valence-electron chi connectivity index (χ0n) is 19.5. The van der Waals surface area contributed by atoms with Crippen molar-refractivity contribution < 1.29 is 14.0 Å². The summed E-state index contributed by atoms with van der Waals surface area (Å²) in [5, 5.41) is 0.0689. The molecule has 6 heteroatoms. The number of carbonyl (C=O) groups excluding carboxylic acids is 2. The Morgan fingerprint density at radius 3 is 2.28 bits per heavy atom. The molecule has 0 aromatic heterocycles. The number of Topliss-reactive ketones (excluding diaryl/α,β-unsaturated/α-hetero) is 1. The van der Waals surface area contributed by atoms with Crippen molar-refractivity contribution in [3.8, 4) is 0 Å². The van der Waals surface area contributed by atoms with Crippen molar-refractivity contribution in [2.75, 3.05) is 6.54 Å². The largest absolute Gasteiger partial charge is 0.412 e. The Kier molecular flexibility index (Phi) is 6.01. The van der Waals surface area contributed by atoms with E-state index in [-0.39, 0.29) is 22.8 Å². The van der Waals surface area contributed by atoms with Crippen LogP contribution < -0.4 is 0 Å². The van der Waals surface area contributed by atoms with Crippen LogP contribution in [-0.4, -0.2) is 43.1 Å². The number of halogens is 1. The second kappa shape index (κ2) is 8.23. The lowest BCUT2D eigenvalue weighted by Gasteiger charge is -2.38. The van der Waals surface area contributed by atoms with E-state index in [0.717, 1.165) is 15.6 Å². The van der Waals surface area contributed by atoms with Gasteiger partial charge < -0.3 is 9.33 Å². The van der Waals surface area contributed by atoms with Gasteiger partial charge in [-0.15, -0.1) is 0 Å². The molecule has 1 unspecified atom stereocenters. The number of ketones is 1. The zero-order chi connectivity index (χ0) is 23.3. The highest BCUT2D eigenvalue weighted by atomic mass is 79.9. The van der Waals surface area contributed by atoms with Crippen molar-refractivity contribution in [2.45, 2.75) is 69.3 Å². The van der Waals surface area contributed by atoms with Gasteiger partial charge in [-0.05, 0) is 41.4 Å². The molecule has 0 spiro atoms. The van der Waals surface area contributed by atoms with Gasteiger partial charge in [-0.1, -0.05) is 79.2 Å². The van der Waals surface area contributed by atoms with E-state index in [1.165, 1.54) is 0 Å². The number of hydrogen-bond acceptors (Lipinski definition) is 3. The molecule has 0 saturated carbocycles. The van der Waals surface area contributed by atoms with Crippen molar-refractivity contribution >= 4 is 35.9 Å². The Bertz CT molecular complexity index is 1020. The molecular weight excluding hydrogens is 482 g/mol. The summed E-state index contributed by atoms with van der Waals surface area (Å²) in [7, 11) is -2.03. The van der Waals surface area contributed by atoms with Crippen molar-refractivity contribution in [2.24, 2.45) is 0 Å². The maximum Gasteiger partial charge on any atom is 0.238 e. The van der Waals surface area contributed by atoms with Crippen LogP contribution in [0.2, 0.25) is 18.1 Å². The van der Waals surface area contributed by atoms with E-state index in [0.29, 0.717) is 19.4 Å². The topological polar surface area (TPSA) is 46.6 Å². The molecule has 32 heavy (non-hydrogen) atoms. The van der Waals surface area contributed by atoms with Crippen molar-refractivity contribution in [3.05, 3.63) is 70.2 Å². The van der Waals surface area contributed by atoms with E-state index < -0.39 is 19.8 Å². The average molecular weight is 515 g/mol. The van der Waals surface area contributed by atoms with E-state index in [4.69, 9.17) is 4.43 Å². The van der Waals surface area contributed by atoms with E-state index in [9.17, 15) is 9.59 Å². The first kappa shape index (κ1) is 23.4. The lowest BCUT2D eigenvalue weighted by atomic mass is 9.80. The van der Waals surface area contributed by atoms with Crippen LogP contribution in [0.5, 0.6) is 0 Å². The summed E-state index contributed by atoms with van der Waals surface area (Å²) >= 11 is 3.49.